The molecule has 0 spiro atoms. The van der Waals surface area contributed by atoms with Gasteiger partial charge in [0.1, 0.15) is 5.75 Å². The lowest BCUT2D eigenvalue weighted by atomic mass is 10.2. The third-order valence-corrected chi connectivity index (χ3v) is 5.19. The van der Waals surface area contributed by atoms with Crippen LogP contribution in [-0.4, -0.2) is 61.7 Å². The quantitative estimate of drug-likeness (QED) is 0.783. The summed E-state index contributed by atoms with van der Waals surface area (Å²) in [6.07, 6.45) is 1.14. The molecule has 2 aliphatic heterocycles. The van der Waals surface area contributed by atoms with Gasteiger partial charge in [0.15, 0.2) is 0 Å². The fourth-order valence-corrected chi connectivity index (χ4v) is 3.94. The van der Waals surface area contributed by atoms with E-state index in [0.717, 1.165) is 51.3 Å². The Kier molecular flexibility index (Phi) is 7.68. The highest BCUT2D eigenvalue weighted by Gasteiger charge is 2.29. The molecule has 0 bridgehead atoms. The Morgan fingerprint density at radius 2 is 2.00 bits per heavy atom. The number of para-hydroxylation sites is 1. The van der Waals surface area contributed by atoms with Gasteiger partial charge in [0.05, 0.1) is 4.47 Å². The molecule has 0 aliphatic carbocycles. The molecule has 1 N–H and O–H groups in total. The summed E-state index contributed by atoms with van der Waals surface area (Å²) >= 11 is 3.31. The number of nitrogens with zero attached hydrogens (tertiary/aromatic N) is 2. The molecule has 2 saturated heterocycles. The highest BCUT2D eigenvalue weighted by atomic mass is 79.9. The number of likely N-dealkylation sites (tertiary alicyclic amines) is 1. The maximum Gasteiger partial charge on any atom is 0.387 e. The van der Waals surface area contributed by atoms with E-state index in [4.69, 9.17) is 4.74 Å². The number of hydrogen-bond acceptors (Lipinski definition) is 4. The summed E-state index contributed by atoms with van der Waals surface area (Å²) in [4.78, 5) is 4.86. The van der Waals surface area contributed by atoms with E-state index in [-0.39, 0.29) is 18.2 Å². The first kappa shape index (κ1) is 19.8. The Morgan fingerprint density at radius 1 is 1.25 bits per heavy atom. The summed E-state index contributed by atoms with van der Waals surface area (Å²) in [5.74, 6) is 0.258. The first-order valence-electron chi connectivity index (χ1n) is 8.03. The summed E-state index contributed by atoms with van der Waals surface area (Å²) in [5.41, 5.74) is 0.806. The molecule has 0 radical (unpaired) electrons. The zero-order valence-electron chi connectivity index (χ0n) is 13.4. The first-order valence-corrected chi connectivity index (χ1v) is 8.82. The van der Waals surface area contributed by atoms with Gasteiger partial charge in [-0.2, -0.15) is 8.78 Å². The van der Waals surface area contributed by atoms with Crippen LogP contribution >= 0.6 is 28.3 Å². The molecule has 1 unspecified atom stereocenters. The highest BCUT2D eigenvalue weighted by Crippen LogP contribution is 2.32. The van der Waals surface area contributed by atoms with Gasteiger partial charge in [-0.05, 0) is 28.4 Å². The van der Waals surface area contributed by atoms with Crippen LogP contribution < -0.4 is 10.1 Å². The van der Waals surface area contributed by atoms with E-state index in [1.807, 2.05) is 12.1 Å². The van der Waals surface area contributed by atoms with Crippen molar-refractivity contribution in [1.82, 2.24) is 15.1 Å². The molecule has 2 heterocycles. The molecule has 4 nitrogen and oxygen atoms in total. The van der Waals surface area contributed by atoms with Crippen LogP contribution in [0.4, 0.5) is 8.78 Å². The van der Waals surface area contributed by atoms with Crippen LogP contribution in [0.5, 0.6) is 5.75 Å². The fourth-order valence-electron chi connectivity index (χ4n) is 3.44. The molecule has 2 aliphatic rings. The third-order valence-electron chi connectivity index (χ3n) is 4.56. The second-order valence-corrected chi connectivity index (χ2v) is 6.92. The normalized spacial score (nSPS) is 22.6. The van der Waals surface area contributed by atoms with Gasteiger partial charge in [-0.25, -0.2) is 0 Å². The van der Waals surface area contributed by atoms with Crippen LogP contribution in [0.25, 0.3) is 0 Å². The van der Waals surface area contributed by atoms with Crippen molar-refractivity contribution in [2.75, 3.05) is 39.3 Å². The van der Waals surface area contributed by atoms with E-state index in [0.29, 0.717) is 17.1 Å². The molecule has 24 heavy (non-hydrogen) atoms. The number of halogens is 4. The lowest BCUT2D eigenvalue weighted by Crippen LogP contribution is -2.49. The summed E-state index contributed by atoms with van der Waals surface area (Å²) in [6.45, 7) is 4.10. The van der Waals surface area contributed by atoms with Crippen molar-refractivity contribution in [2.45, 2.75) is 25.6 Å². The van der Waals surface area contributed by atoms with Crippen LogP contribution in [0.1, 0.15) is 12.0 Å². The number of piperazine rings is 1. The second-order valence-electron chi connectivity index (χ2n) is 6.07. The Morgan fingerprint density at radius 3 is 2.71 bits per heavy atom. The van der Waals surface area contributed by atoms with Crippen LogP contribution in [0.2, 0.25) is 0 Å². The molecule has 3 rings (SSSR count). The number of alkyl halides is 2. The summed E-state index contributed by atoms with van der Waals surface area (Å²) < 4.78 is 30.5. The minimum Gasteiger partial charge on any atom is -0.433 e. The van der Waals surface area contributed by atoms with Gasteiger partial charge in [0, 0.05) is 57.4 Å². The average molecular weight is 427 g/mol. The van der Waals surface area contributed by atoms with E-state index in [9.17, 15) is 8.78 Å². The number of benzene rings is 1. The molecule has 0 amide bonds. The number of hydrogen-bond donors (Lipinski definition) is 1. The molecule has 1 atom stereocenters. The van der Waals surface area contributed by atoms with E-state index in [2.05, 4.69) is 31.0 Å². The van der Waals surface area contributed by atoms with Crippen LogP contribution in [0.3, 0.4) is 0 Å². The van der Waals surface area contributed by atoms with Crippen molar-refractivity contribution in [1.29, 1.82) is 0 Å². The molecular formula is C16H23BrClF2N3O. The van der Waals surface area contributed by atoms with Gasteiger partial charge in [-0.15, -0.1) is 12.4 Å². The minimum atomic E-state index is -2.81. The van der Waals surface area contributed by atoms with Crippen LogP contribution in [0, 0.1) is 0 Å². The molecule has 0 aromatic heterocycles. The summed E-state index contributed by atoms with van der Waals surface area (Å²) in [6, 6.07) is 6.03. The van der Waals surface area contributed by atoms with Gasteiger partial charge < -0.3 is 10.1 Å². The van der Waals surface area contributed by atoms with E-state index in [1.165, 1.54) is 0 Å². The maximum atomic E-state index is 12.6. The summed E-state index contributed by atoms with van der Waals surface area (Å²) in [7, 11) is 0. The number of rotatable bonds is 5. The maximum absolute atomic E-state index is 12.6. The Labute approximate surface area is 156 Å². The Bertz CT molecular complexity index is 532. The highest BCUT2D eigenvalue weighted by molar-refractivity contribution is 9.10. The largest absolute Gasteiger partial charge is 0.433 e. The Hall–Kier alpha value is -0.470. The van der Waals surface area contributed by atoms with Gasteiger partial charge in [-0.1, -0.05) is 12.1 Å². The third kappa shape index (κ3) is 5.02. The molecule has 1 aromatic rings. The smallest absolute Gasteiger partial charge is 0.387 e. The number of nitrogens with one attached hydrogen (secondary N) is 1. The average Bonchev–Trinajstić information content (AvgIpc) is 3.00. The molecular weight excluding hydrogens is 404 g/mol. The van der Waals surface area contributed by atoms with Crippen LogP contribution in [0.15, 0.2) is 22.7 Å². The second kappa shape index (κ2) is 9.29. The van der Waals surface area contributed by atoms with Crippen molar-refractivity contribution in [3.05, 3.63) is 28.2 Å². The van der Waals surface area contributed by atoms with Crippen molar-refractivity contribution in [2.24, 2.45) is 0 Å². The van der Waals surface area contributed by atoms with Crippen molar-refractivity contribution >= 4 is 28.3 Å². The van der Waals surface area contributed by atoms with Crippen molar-refractivity contribution < 1.29 is 13.5 Å². The van der Waals surface area contributed by atoms with E-state index < -0.39 is 6.61 Å². The predicted molar refractivity (Wildman–Crippen MR) is 96.1 cm³/mol. The molecule has 8 heteroatoms. The summed E-state index contributed by atoms with van der Waals surface area (Å²) in [5, 5.41) is 3.37. The predicted octanol–water partition coefficient (Wildman–Crippen LogP) is 2.95. The minimum absolute atomic E-state index is 0. The fraction of sp³-hybridized carbons (Fsp3) is 0.625. The molecule has 2 fully saturated rings. The van der Waals surface area contributed by atoms with Crippen molar-refractivity contribution in [3.63, 3.8) is 0 Å². The molecule has 1 aromatic carbocycles. The lowest BCUT2D eigenvalue weighted by Gasteiger charge is -2.32. The Balaban J connectivity index is 0.00000208. The first-order chi connectivity index (χ1) is 11.1. The zero-order chi connectivity index (χ0) is 16.2. The van der Waals surface area contributed by atoms with Gasteiger partial charge in [-0.3, -0.25) is 9.80 Å². The molecule has 0 saturated carbocycles. The van der Waals surface area contributed by atoms with Gasteiger partial charge >= 0.3 is 6.61 Å². The van der Waals surface area contributed by atoms with Crippen molar-refractivity contribution in [3.8, 4) is 5.75 Å². The standard InChI is InChI=1S/C16H22BrF2N3O.ClH/c17-14-3-1-2-12(15(14)23-16(18)19)10-21-7-4-13(11-21)22-8-5-20-6-9-22;/h1-3,13,16,20H,4-11H2;1H. The van der Waals surface area contributed by atoms with Crippen LogP contribution in [-0.2, 0) is 6.54 Å². The lowest BCUT2D eigenvalue weighted by molar-refractivity contribution is -0.0512. The van der Waals surface area contributed by atoms with E-state index >= 15 is 0 Å². The van der Waals surface area contributed by atoms with Gasteiger partial charge in [0.2, 0.25) is 0 Å². The molecule has 136 valence electrons. The monoisotopic (exact) mass is 425 g/mol. The van der Waals surface area contributed by atoms with E-state index in [1.54, 1.807) is 6.07 Å². The number of ether oxygens (including phenoxy) is 1. The SMILES string of the molecule is Cl.FC(F)Oc1c(Br)cccc1CN1CCC(N2CCNCC2)C1. The van der Waals surface area contributed by atoms with Gasteiger partial charge in [0.25, 0.3) is 0 Å². The zero-order valence-corrected chi connectivity index (χ0v) is 15.8. The topological polar surface area (TPSA) is 27.7 Å².